The summed E-state index contributed by atoms with van der Waals surface area (Å²) in [5.74, 6) is -0.475. The molecule has 0 saturated heterocycles. The first kappa shape index (κ1) is 19.6. The molecule has 26 heavy (non-hydrogen) atoms. The van der Waals surface area contributed by atoms with Gasteiger partial charge in [-0.2, -0.15) is 0 Å². The molecular formula is C18H25N3O5. The van der Waals surface area contributed by atoms with Gasteiger partial charge >= 0.3 is 5.97 Å². The summed E-state index contributed by atoms with van der Waals surface area (Å²) in [5, 5.41) is 10.9. The van der Waals surface area contributed by atoms with Crippen LogP contribution in [-0.2, 0) is 4.79 Å². The number of nitrogens with zero attached hydrogens (tertiary/aromatic N) is 1. The highest BCUT2D eigenvalue weighted by Gasteiger charge is 2.33. The highest BCUT2D eigenvalue weighted by Crippen LogP contribution is 2.31. The van der Waals surface area contributed by atoms with E-state index in [4.69, 9.17) is 9.47 Å². The molecule has 8 nitrogen and oxygen atoms in total. The molecule has 3 N–H and O–H groups in total. The van der Waals surface area contributed by atoms with Gasteiger partial charge in [-0.1, -0.05) is 13.8 Å². The second kappa shape index (κ2) is 8.09. The highest BCUT2D eigenvalue weighted by molar-refractivity contribution is 6.12. The Morgan fingerprint density at radius 3 is 2.42 bits per heavy atom. The summed E-state index contributed by atoms with van der Waals surface area (Å²) in [5.41, 5.74) is 5.50. The lowest BCUT2D eigenvalue weighted by Gasteiger charge is -2.22. The fourth-order valence-electron chi connectivity index (χ4n) is 2.57. The third-order valence-corrected chi connectivity index (χ3v) is 3.59. The monoisotopic (exact) mass is 363 g/mol. The topological polar surface area (TPSA) is 100 Å². The molecule has 0 fully saturated rings. The van der Waals surface area contributed by atoms with E-state index in [0.717, 1.165) is 0 Å². The van der Waals surface area contributed by atoms with E-state index in [1.807, 2.05) is 27.7 Å². The molecule has 0 radical (unpaired) electrons. The molecule has 8 heteroatoms. The first-order valence-electron chi connectivity index (χ1n) is 8.40. The fraction of sp³-hybridized carbons (Fsp3) is 0.444. The van der Waals surface area contributed by atoms with Gasteiger partial charge in [-0.05, 0) is 38.0 Å². The van der Waals surface area contributed by atoms with Gasteiger partial charge < -0.3 is 14.6 Å². The summed E-state index contributed by atoms with van der Waals surface area (Å²) in [6.45, 7) is 8.16. The number of ether oxygens (including phenoxy) is 2. The molecule has 1 aliphatic rings. The van der Waals surface area contributed by atoms with E-state index in [0.29, 0.717) is 23.6 Å². The van der Waals surface area contributed by atoms with Crippen molar-refractivity contribution in [2.24, 2.45) is 5.92 Å². The first-order valence-corrected chi connectivity index (χ1v) is 8.40. The molecule has 0 aliphatic carbocycles. The Bertz CT molecular complexity index is 728. The van der Waals surface area contributed by atoms with Crippen molar-refractivity contribution in [1.82, 2.24) is 16.0 Å². The summed E-state index contributed by atoms with van der Waals surface area (Å²) < 4.78 is 11.0. The summed E-state index contributed by atoms with van der Waals surface area (Å²) in [4.78, 5) is 24.6. The van der Waals surface area contributed by atoms with Crippen LogP contribution in [0, 0.1) is 5.92 Å². The predicted octanol–water partition coefficient (Wildman–Crippen LogP) is 1.94. The van der Waals surface area contributed by atoms with Crippen molar-refractivity contribution in [1.29, 1.82) is 0 Å². The van der Waals surface area contributed by atoms with E-state index in [1.165, 1.54) is 12.1 Å². The van der Waals surface area contributed by atoms with Crippen LogP contribution < -0.4 is 20.4 Å². The number of hydrazine groups is 2. The molecule has 142 valence electrons. The summed E-state index contributed by atoms with van der Waals surface area (Å²) in [6.07, 6.45) is -0.102. The van der Waals surface area contributed by atoms with E-state index in [9.17, 15) is 14.7 Å². The second-order valence-electron chi connectivity index (χ2n) is 6.63. The van der Waals surface area contributed by atoms with Gasteiger partial charge in [0.1, 0.15) is 5.70 Å². The third kappa shape index (κ3) is 4.26. The van der Waals surface area contributed by atoms with Crippen molar-refractivity contribution in [3.63, 3.8) is 0 Å². The zero-order chi connectivity index (χ0) is 19.4. The molecule has 0 atom stereocenters. The number of aliphatic carboxylic acids is 1. The van der Waals surface area contributed by atoms with Crippen LogP contribution in [0.25, 0.3) is 0 Å². The fourth-order valence-corrected chi connectivity index (χ4v) is 2.57. The molecule has 0 amide bonds. The number of benzene rings is 1. The average molecular weight is 363 g/mol. The normalized spacial score (nSPS) is 14.0. The largest absolute Gasteiger partial charge is 0.493 e. The van der Waals surface area contributed by atoms with Gasteiger partial charge in [0.05, 0.1) is 13.2 Å². The van der Waals surface area contributed by atoms with Gasteiger partial charge in [-0.25, -0.2) is 4.79 Å². The van der Waals surface area contributed by atoms with Gasteiger partial charge in [0.2, 0.25) is 5.78 Å². The lowest BCUT2D eigenvalue weighted by Crippen LogP contribution is -2.41. The minimum atomic E-state index is -1.21. The molecule has 1 aromatic carbocycles. The van der Waals surface area contributed by atoms with Crippen molar-refractivity contribution in [3.8, 4) is 11.5 Å². The van der Waals surface area contributed by atoms with Crippen molar-refractivity contribution in [3.05, 3.63) is 35.2 Å². The minimum Gasteiger partial charge on any atom is -0.493 e. The summed E-state index contributed by atoms with van der Waals surface area (Å²) in [7, 11) is 1.52. The van der Waals surface area contributed by atoms with Crippen molar-refractivity contribution in [2.75, 3.05) is 13.7 Å². The smallest absolute Gasteiger partial charge is 0.355 e. The van der Waals surface area contributed by atoms with Gasteiger partial charge in [-0.3, -0.25) is 15.2 Å². The van der Waals surface area contributed by atoms with Gasteiger partial charge in [0.25, 0.3) is 0 Å². The van der Waals surface area contributed by atoms with Gasteiger partial charge in [0.15, 0.2) is 17.2 Å². The van der Waals surface area contributed by atoms with Crippen LogP contribution in [0.1, 0.15) is 38.1 Å². The predicted molar refractivity (Wildman–Crippen MR) is 95.6 cm³/mol. The zero-order valence-corrected chi connectivity index (χ0v) is 15.6. The molecule has 1 aliphatic heterocycles. The second-order valence-corrected chi connectivity index (χ2v) is 6.63. The van der Waals surface area contributed by atoms with Crippen LogP contribution in [0.15, 0.2) is 29.6 Å². The number of methoxy groups -OCH3 is 1. The van der Waals surface area contributed by atoms with Crippen molar-refractivity contribution >= 4 is 11.8 Å². The number of carbonyl (C=O) groups excluding carboxylic acids is 1. The Balaban J connectivity index is 2.44. The molecule has 0 aromatic heterocycles. The Hall–Kier alpha value is -2.74. The van der Waals surface area contributed by atoms with Crippen LogP contribution >= 0.6 is 0 Å². The van der Waals surface area contributed by atoms with E-state index in [2.05, 4.69) is 11.0 Å². The van der Waals surface area contributed by atoms with E-state index in [1.54, 1.807) is 18.2 Å². The number of hydrogen-bond donors (Lipinski definition) is 3. The molecular weight excluding hydrogens is 338 g/mol. The standard InChI is InChI=1S/C18H25N3O5/c1-10(2)9-21-16(15(18(23)24)19-20-21)17(22)12-6-7-13(25-5)14(8-12)26-11(3)4/h6-8,10-11,19-20H,9H2,1-5H3,(H,23,24). The van der Waals surface area contributed by atoms with Crippen LogP contribution in [-0.4, -0.2) is 41.6 Å². The summed E-state index contributed by atoms with van der Waals surface area (Å²) >= 11 is 0. The molecule has 1 heterocycles. The number of nitrogens with one attached hydrogen (secondary N) is 2. The minimum absolute atomic E-state index is 0.0619. The Morgan fingerprint density at radius 2 is 1.88 bits per heavy atom. The zero-order valence-electron chi connectivity index (χ0n) is 15.6. The van der Waals surface area contributed by atoms with Crippen molar-refractivity contribution in [2.45, 2.75) is 33.8 Å². The number of carbonyl (C=O) groups is 2. The quantitative estimate of drug-likeness (QED) is 0.603. The molecule has 0 spiro atoms. The molecule has 0 unspecified atom stereocenters. The van der Waals surface area contributed by atoms with E-state index >= 15 is 0 Å². The van der Waals surface area contributed by atoms with Crippen LogP contribution in [0.3, 0.4) is 0 Å². The highest BCUT2D eigenvalue weighted by atomic mass is 16.5. The maximum absolute atomic E-state index is 13.1. The number of carboxylic acid groups (broad SMARTS) is 1. The lowest BCUT2D eigenvalue weighted by atomic mass is 10.0. The third-order valence-electron chi connectivity index (χ3n) is 3.59. The van der Waals surface area contributed by atoms with E-state index < -0.39 is 11.8 Å². The summed E-state index contributed by atoms with van der Waals surface area (Å²) in [6, 6.07) is 4.79. The van der Waals surface area contributed by atoms with Gasteiger partial charge in [-0.15, -0.1) is 5.53 Å². The van der Waals surface area contributed by atoms with E-state index in [-0.39, 0.29) is 23.4 Å². The van der Waals surface area contributed by atoms with Crippen LogP contribution in [0.2, 0.25) is 0 Å². The van der Waals surface area contributed by atoms with Crippen LogP contribution in [0.5, 0.6) is 11.5 Å². The Morgan fingerprint density at radius 1 is 1.19 bits per heavy atom. The maximum Gasteiger partial charge on any atom is 0.355 e. The van der Waals surface area contributed by atoms with Crippen LogP contribution in [0.4, 0.5) is 0 Å². The molecule has 0 bridgehead atoms. The number of Topliss-reactive ketones (excluding diaryl/α,β-unsaturated/α-hetero) is 1. The maximum atomic E-state index is 13.1. The number of carboxylic acids is 1. The van der Waals surface area contributed by atoms with Gasteiger partial charge in [0, 0.05) is 12.1 Å². The number of rotatable bonds is 8. The number of hydrogen-bond acceptors (Lipinski definition) is 7. The average Bonchev–Trinajstić information content (AvgIpc) is 2.96. The SMILES string of the molecule is COc1ccc(C(=O)C2=C(C(=O)O)NNN2CC(C)C)cc1OC(C)C. The Labute approximate surface area is 152 Å². The number of allylic oxidation sites excluding steroid dienone is 1. The number of ketones is 1. The molecule has 0 saturated carbocycles. The lowest BCUT2D eigenvalue weighted by molar-refractivity contribution is -0.133. The van der Waals surface area contributed by atoms with Crippen molar-refractivity contribution < 1.29 is 24.2 Å². The molecule has 2 rings (SSSR count). The first-order chi connectivity index (χ1) is 12.2. The molecule has 1 aromatic rings. The Kier molecular flexibility index (Phi) is 6.10.